The highest BCUT2D eigenvalue weighted by molar-refractivity contribution is 5.66. The van der Waals surface area contributed by atoms with Crippen molar-refractivity contribution in [1.29, 1.82) is 0 Å². The van der Waals surface area contributed by atoms with Crippen molar-refractivity contribution in [3.05, 3.63) is 60.2 Å². The summed E-state index contributed by atoms with van der Waals surface area (Å²) >= 11 is 0. The lowest BCUT2D eigenvalue weighted by molar-refractivity contribution is -0.159. The number of para-hydroxylation sites is 1. The molecule has 1 radical (unpaired) electrons. The molecule has 3 aromatic rings. The molecular weight excluding hydrogens is 314 g/mol. The summed E-state index contributed by atoms with van der Waals surface area (Å²) in [6.07, 6.45) is -4.71. The molecule has 23 heavy (non-hydrogen) atoms. The summed E-state index contributed by atoms with van der Waals surface area (Å²) in [6.45, 7) is 0. The zero-order valence-electron chi connectivity index (χ0n) is 11.4. The monoisotopic (exact) mass is 322 g/mol. The predicted octanol–water partition coefficient (Wildman–Crippen LogP) is 4.44. The normalized spacial score (nSPS) is 11.5. The van der Waals surface area contributed by atoms with Gasteiger partial charge in [0.2, 0.25) is 5.82 Å². The number of hydrogen-bond donors (Lipinski definition) is 1. The van der Waals surface area contributed by atoms with Crippen LogP contribution in [0.15, 0.2) is 47.0 Å². The van der Waals surface area contributed by atoms with Gasteiger partial charge in [0, 0.05) is 17.3 Å². The van der Waals surface area contributed by atoms with E-state index in [0.717, 1.165) is 0 Å². The molecule has 4 nitrogen and oxygen atoms in total. The SMILES string of the molecule is Fc1ccccc1Nc1[c]ccc(-c2noc(C(F)(F)F)n2)c1. The number of halogens is 4. The average Bonchev–Trinajstić information content (AvgIpc) is 3.00. The minimum absolute atomic E-state index is 0.213. The Bertz CT molecular complexity index is 829. The third-order valence-electron chi connectivity index (χ3n) is 2.87. The fourth-order valence-electron chi connectivity index (χ4n) is 1.84. The number of hydrogen-bond acceptors (Lipinski definition) is 4. The molecule has 0 amide bonds. The lowest BCUT2D eigenvalue weighted by Crippen LogP contribution is -2.04. The smallest absolute Gasteiger partial charge is 0.353 e. The predicted molar refractivity (Wildman–Crippen MR) is 73.3 cm³/mol. The first-order valence-electron chi connectivity index (χ1n) is 6.38. The van der Waals surface area contributed by atoms with E-state index in [2.05, 4.69) is 26.0 Å². The van der Waals surface area contributed by atoms with Gasteiger partial charge < -0.3 is 9.84 Å². The molecule has 0 aliphatic carbocycles. The van der Waals surface area contributed by atoms with E-state index in [1.807, 2.05) is 0 Å². The zero-order valence-corrected chi connectivity index (χ0v) is 11.4. The Morgan fingerprint density at radius 3 is 2.61 bits per heavy atom. The van der Waals surface area contributed by atoms with E-state index in [4.69, 9.17) is 0 Å². The third-order valence-corrected chi connectivity index (χ3v) is 2.87. The molecule has 0 spiro atoms. The van der Waals surface area contributed by atoms with Crippen molar-refractivity contribution in [1.82, 2.24) is 10.1 Å². The molecule has 0 saturated carbocycles. The zero-order chi connectivity index (χ0) is 16.4. The van der Waals surface area contributed by atoms with Gasteiger partial charge in [0.05, 0.1) is 5.69 Å². The van der Waals surface area contributed by atoms with Gasteiger partial charge >= 0.3 is 12.1 Å². The van der Waals surface area contributed by atoms with Crippen molar-refractivity contribution in [3.8, 4) is 11.4 Å². The largest absolute Gasteiger partial charge is 0.471 e. The van der Waals surface area contributed by atoms with Crippen molar-refractivity contribution in [2.75, 3.05) is 5.32 Å². The van der Waals surface area contributed by atoms with Gasteiger partial charge in [0.15, 0.2) is 0 Å². The van der Waals surface area contributed by atoms with Gasteiger partial charge in [-0.2, -0.15) is 18.2 Å². The van der Waals surface area contributed by atoms with E-state index in [9.17, 15) is 17.6 Å². The minimum Gasteiger partial charge on any atom is -0.353 e. The molecular formula is C15H8F4N3O. The second kappa shape index (κ2) is 5.71. The van der Waals surface area contributed by atoms with Crippen LogP contribution in [0.5, 0.6) is 0 Å². The van der Waals surface area contributed by atoms with Gasteiger partial charge in [-0.15, -0.1) is 0 Å². The molecule has 0 aliphatic rings. The van der Waals surface area contributed by atoms with Gasteiger partial charge in [0.1, 0.15) is 5.82 Å². The van der Waals surface area contributed by atoms with Gasteiger partial charge in [-0.1, -0.05) is 29.4 Å². The van der Waals surface area contributed by atoms with Crippen molar-refractivity contribution in [2.24, 2.45) is 0 Å². The van der Waals surface area contributed by atoms with Gasteiger partial charge in [-0.05, 0) is 18.2 Å². The van der Waals surface area contributed by atoms with Crippen molar-refractivity contribution < 1.29 is 22.1 Å². The van der Waals surface area contributed by atoms with E-state index < -0.39 is 17.9 Å². The van der Waals surface area contributed by atoms with Crippen LogP contribution in [-0.4, -0.2) is 10.1 Å². The first-order chi connectivity index (χ1) is 10.9. The molecule has 0 bridgehead atoms. The number of nitrogens with one attached hydrogen (secondary N) is 1. The number of aromatic nitrogens is 2. The highest BCUT2D eigenvalue weighted by Crippen LogP contribution is 2.30. The van der Waals surface area contributed by atoms with Crippen molar-refractivity contribution >= 4 is 11.4 Å². The number of nitrogens with zero attached hydrogens (tertiary/aromatic N) is 2. The van der Waals surface area contributed by atoms with Crippen LogP contribution in [0.2, 0.25) is 0 Å². The van der Waals surface area contributed by atoms with Crippen LogP contribution in [0.25, 0.3) is 11.4 Å². The average molecular weight is 322 g/mol. The maximum absolute atomic E-state index is 13.6. The highest BCUT2D eigenvalue weighted by Gasteiger charge is 2.38. The second-order valence-corrected chi connectivity index (χ2v) is 4.52. The van der Waals surface area contributed by atoms with Gasteiger partial charge in [-0.25, -0.2) is 4.39 Å². The third kappa shape index (κ3) is 3.31. The number of anilines is 2. The maximum Gasteiger partial charge on any atom is 0.471 e. The molecule has 0 saturated heterocycles. The Balaban J connectivity index is 1.88. The summed E-state index contributed by atoms with van der Waals surface area (Å²) in [7, 11) is 0. The second-order valence-electron chi connectivity index (χ2n) is 4.52. The summed E-state index contributed by atoms with van der Waals surface area (Å²) in [4.78, 5) is 3.30. The quantitative estimate of drug-likeness (QED) is 0.724. The topological polar surface area (TPSA) is 51.0 Å². The molecule has 0 atom stereocenters. The van der Waals surface area contributed by atoms with Crippen LogP contribution in [0.4, 0.5) is 28.9 Å². The van der Waals surface area contributed by atoms with Crippen LogP contribution >= 0.6 is 0 Å². The van der Waals surface area contributed by atoms with E-state index in [1.54, 1.807) is 12.1 Å². The van der Waals surface area contributed by atoms with Crippen LogP contribution in [-0.2, 0) is 6.18 Å². The summed E-state index contributed by atoms with van der Waals surface area (Å²) in [5, 5.41) is 6.08. The standard InChI is InChI=1S/C15H8F4N3O/c16-11-6-1-2-7-12(11)20-10-5-3-4-9(8-10)13-21-14(23-22-13)15(17,18)19/h1-4,6-8,20H. The Kier molecular flexibility index (Phi) is 3.73. The molecule has 0 unspecified atom stereocenters. The van der Waals surface area contributed by atoms with E-state index in [1.165, 1.54) is 30.3 Å². The molecule has 0 fully saturated rings. The number of alkyl halides is 3. The molecule has 1 heterocycles. The lowest BCUT2D eigenvalue weighted by Gasteiger charge is -2.07. The molecule has 0 aliphatic heterocycles. The van der Waals surface area contributed by atoms with Gasteiger partial charge in [-0.3, -0.25) is 0 Å². The Morgan fingerprint density at radius 1 is 1.13 bits per heavy atom. The molecule has 8 heteroatoms. The summed E-state index contributed by atoms with van der Waals surface area (Å²) in [5.41, 5.74) is 0.845. The molecule has 1 N–H and O–H groups in total. The fraction of sp³-hybridized carbons (Fsp3) is 0.0667. The van der Waals surface area contributed by atoms with E-state index >= 15 is 0 Å². The van der Waals surface area contributed by atoms with Crippen LogP contribution < -0.4 is 5.32 Å². The Morgan fingerprint density at radius 2 is 1.91 bits per heavy atom. The summed E-state index contributed by atoms with van der Waals surface area (Å²) < 4.78 is 55.2. The fourth-order valence-corrected chi connectivity index (χ4v) is 1.84. The Labute approximate surface area is 127 Å². The van der Waals surface area contributed by atoms with Gasteiger partial charge in [0.25, 0.3) is 0 Å². The molecule has 117 valence electrons. The minimum atomic E-state index is -4.71. The van der Waals surface area contributed by atoms with Crippen LogP contribution in [0, 0.1) is 11.9 Å². The Hall–Kier alpha value is -2.90. The van der Waals surface area contributed by atoms with Crippen molar-refractivity contribution in [2.45, 2.75) is 6.18 Å². The number of benzene rings is 2. The van der Waals surface area contributed by atoms with Crippen LogP contribution in [0.3, 0.4) is 0 Å². The maximum atomic E-state index is 13.6. The molecule has 1 aromatic heterocycles. The summed E-state index contributed by atoms with van der Waals surface area (Å²) in [5.74, 6) is -2.11. The molecule has 3 rings (SSSR count). The molecule has 2 aromatic carbocycles. The van der Waals surface area contributed by atoms with Crippen molar-refractivity contribution in [3.63, 3.8) is 0 Å². The lowest BCUT2D eigenvalue weighted by atomic mass is 10.2. The highest BCUT2D eigenvalue weighted by atomic mass is 19.4. The number of rotatable bonds is 3. The van der Waals surface area contributed by atoms with Crippen LogP contribution in [0.1, 0.15) is 5.89 Å². The first-order valence-corrected chi connectivity index (χ1v) is 6.38. The van der Waals surface area contributed by atoms with E-state index in [0.29, 0.717) is 5.69 Å². The summed E-state index contributed by atoms with van der Waals surface area (Å²) in [6, 6.07) is 13.2. The van der Waals surface area contributed by atoms with E-state index in [-0.39, 0.29) is 17.1 Å². The first kappa shape index (κ1) is 15.0.